The second-order valence-corrected chi connectivity index (χ2v) is 11.7. The van der Waals surface area contributed by atoms with Crippen molar-refractivity contribution in [1.29, 1.82) is 0 Å². The maximum atomic E-state index is 12.9. The van der Waals surface area contributed by atoms with Gasteiger partial charge in [-0.15, -0.1) is 6.42 Å². The lowest BCUT2D eigenvalue weighted by molar-refractivity contribution is -0.123. The quantitative estimate of drug-likeness (QED) is 0.125. The highest BCUT2D eigenvalue weighted by Crippen LogP contribution is 2.45. The molecule has 3 amide bonds. The molecule has 47 heavy (non-hydrogen) atoms. The van der Waals surface area contributed by atoms with E-state index in [-0.39, 0.29) is 37.5 Å². The number of fused-ring (bicyclic) bond motifs is 6. The molecular weight excluding hydrogens is 590 g/mol. The van der Waals surface area contributed by atoms with Crippen molar-refractivity contribution in [3.8, 4) is 34.6 Å². The van der Waals surface area contributed by atoms with Gasteiger partial charge in [0.05, 0.1) is 6.54 Å². The molecule has 4 aromatic carbocycles. The zero-order chi connectivity index (χ0) is 32.6. The lowest BCUT2D eigenvalue weighted by Crippen LogP contribution is -2.47. The number of benzene rings is 4. The minimum atomic E-state index is -0.839. The van der Waals surface area contributed by atoms with Gasteiger partial charge in [0.2, 0.25) is 5.91 Å². The molecule has 2 aliphatic carbocycles. The number of amides is 3. The number of hydrogen-bond donors (Lipinski definition) is 3. The number of terminal acetylenes is 1. The highest BCUT2D eigenvalue weighted by atomic mass is 16.6. The fourth-order valence-electron chi connectivity index (χ4n) is 6.63. The summed E-state index contributed by atoms with van der Waals surface area (Å²) in [6.45, 7) is 0.787. The minimum Gasteiger partial charge on any atom is -0.449 e. The van der Waals surface area contributed by atoms with Gasteiger partial charge in [0, 0.05) is 18.4 Å². The first kappa shape index (κ1) is 31.4. The second kappa shape index (κ2) is 14.7. The maximum absolute atomic E-state index is 12.9. The van der Waals surface area contributed by atoms with Gasteiger partial charge in [-0.05, 0) is 63.8 Å². The van der Waals surface area contributed by atoms with Crippen molar-refractivity contribution in [2.75, 3.05) is 26.3 Å². The molecule has 6 rings (SSSR count). The van der Waals surface area contributed by atoms with E-state index in [1.807, 2.05) is 60.7 Å². The van der Waals surface area contributed by atoms with Gasteiger partial charge >= 0.3 is 12.2 Å². The minimum absolute atomic E-state index is 0.0144. The van der Waals surface area contributed by atoms with Gasteiger partial charge in [0.1, 0.15) is 19.3 Å². The van der Waals surface area contributed by atoms with E-state index < -0.39 is 18.2 Å². The number of carbonyl (C=O) groups excluding carboxylic acids is 3. The highest BCUT2D eigenvalue weighted by molar-refractivity contribution is 5.86. The molecule has 4 aromatic rings. The van der Waals surface area contributed by atoms with E-state index in [1.54, 1.807) is 0 Å². The summed E-state index contributed by atoms with van der Waals surface area (Å²) in [6, 6.07) is 31.7. The summed E-state index contributed by atoms with van der Waals surface area (Å²) in [6.07, 6.45) is 5.63. The first-order valence-corrected chi connectivity index (χ1v) is 16.0. The topological polar surface area (TPSA) is 106 Å². The second-order valence-electron chi connectivity index (χ2n) is 11.7. The summed E-state index contributed by atoms with van der Waals surface area (Å²) in [5.41, 5.74) is 9.13. The third kappa shape index (κ3) is 7.00. The average molecular weight is 628 g/mol. The average Bonchev–Trinajstić information content (AvgIpc) is 3.60. The summed E-state index contributed by atoms with van der Waals surface area (Å²) >= 11 is 0. The number of carbonyl (C=O) groups is 3. The standard InChI is InChI=1S/C39H37N3O5/c1-2-22-40-37(43)36(42-39(45)47-25-35-32-19-9-5-15-28(32)29-16-6-10-20-33(29)35)21-11-12-23-41-38(44)46-24-34-30-17-7-3-13-26(30)27-14-4-8-18-31(27)34/h1,3-10,13-20,34-36H,11-12,21-25H2,(H,40,43)(H,41,44)(H,42,45)/t36-/m0/s1. The van der Waals surface area contributed by atoms with Crippen molar-refractivity contribution < 1.29 is 23.9 Å². The van der Waals surface area contributed by atoms with Crippen molar-refractivity contribution in [1.82, 2.24) is 16.0 Å². The van der Waals surface area contributed by atoms with Crippen LogP contribution >= 0.6 is 0 Å². The lowest BCUT2D eigenvalue weighted by atomic mass is 9.98. The van der Waals surface area contributed by atoms with Gasteiger partial charge in [-0.2, -0.15) is 0 Å². The fraction of sp³-hybridized carbons (Fsp3) is 0.256. The Kier molecular flexibility index (Phi) is 9.83. The van der Waals surface area contributed by atoms with Gasteiger partial charge in [-0.25, -0.2) is 9.59 Å². The summed E-state index contributed by atoms with van der Waals surface area (Å²) in [4.78, 5) is 38.3. The van der Waals surface area contributed by atoms with Crippen molar-refractivity contribution in [3.05, 3.63) is 119 Å². The van der Waals surface area contributed by atoms with Crippen LogP contribution in [0.15, 0.2) is 97.1 Å². The van der Waals surface area contributed by atoms with E-state index in [9.17, 15) is 14.4 Å². The van der Waals surface area contributed by atoms with Crippen LogP contribution in [0.2, 0.25) is 0 Å². The summed E-state index contributed by atoms with van der Waals surface area (Å²) in [5, 5.41) is 8.15. The zero-order valence-corrected chi connectivity index (χ0v) is 26.0. The SMILES string of the molecule is C#CCNC(=O)[C@H](CCCCNC(=O)OCC1c2ccccc2-c2ccccc21)NC(=O)OCC1c2ccccc2-c2ccccc21. The molecule has 8 nitrogen and oxygen atoms in total. The van der Waals surface area contributed by atoms with E-state index in [0.29, 0.717) is 25.8 Å². The molecule has 0 fully saturated rings. The van der Waals surface area contributed by atoms with Crippen LogP contribution in [0.1, 0.15) is 53.4 Å². The largest absolute Gasteiger partial charge is 0.449 e. The Morgan fingerprint density at radius 1 is 0.638 bits per heavy atom. The van der Waals surface area contributed by atoms with Crippen molar-refractivity contribution >= 4 is 18.1 Å². The molecule has 0 radical (unpaired) electrons. The Balaban J connectivity index is 0.963. The number of nitrogens with one attached hydrogen (secondary N) is 3. The molecule has 0 unspecified atom stereocenters. The number of alkyl carbamates (subject to hydrolysis) is 2. The maximum Gasteiger partial charge on any atom is 0.407 e. The van der Waals surface area contributed by atoms with Crippen molar-refractivity contribution in [3.63, 3.8) is 0 Å². The Morgan fingerprint density at radius 2 is 1.09 bits per heavy atom. The molecule has 0 aliphatic heterocycles. The van der Waals surface area contributed by atoms with Gasteiger partial charge in [0.15, 0.2) is 0 Å². The molecule has 0 heterocycles. The third-order valence-corrected chi connectivity index (χ3v) is 8.85. The molecule has 1 atom stereocenters. The van der Waals surface area contributed by atoms with Gasteiger partial charge in [-0.1, -0.05) is 103 Å². The van der Waals surface area contributed by atoms with Crippen LogP contribution in [0.25, 0.3) is 22.3 Å². The Labute approximate surface area is 274 Å². The van der Waals surface area contributed by atoms with E-state index in [1.165, 1.54) is 11.1 Å². The van der Waals surface area contributed by atoms with E-state index >= 15 is 0 Å². The monoisotopic (exact) mass is 627 g/mol. The molecule has 0 saturated carbocycles. The van der Waals surface area contributed by atoms with Crippen LogP contribution in [-0.2, 0) is 14.3 Å². The molecule has 0 spiro atoms. The molecule has 0 aromatic heterocycles. The van der Waals surface area contributed by atoms with Crippen LogP contribution in [-0.4, -0.2) is 50.4 Å². The smallest absolute Gasteiger partial charge is 0.407 e. The van der Waals surface area contributed by atoms with Crippen LogP contribution < -0.4 is 16.0 Å². The predicted molar refractivity (Wildman–Crippen MR) is 181 cm³/mol. The molecule has 0 bridgehead atoms. The lowest BCUT2D eigenvalue weighted by Gasteiger charge is -2.19. The van der Waals surface area contributed by atoms with Crippen LogP contribution in [0.3, 0.4) is 0 Å². The summed E-state index contributed by atoms with van der Waals surface area (Å²) in [5.74, 6) is 1.89. The van der Waals surface area contributed by atoms with E-state index in [2.05, 4.69) is 58.3 Å². The molecule has 8 heteroatoms. The number of hydrogen-bond acceptors (Lipinski definition) is 5. The molecule has 238 valence electrons. The first-order valence-electron chi connectivity index (χ1n) is 16.0. The first-order chi connectivity index (χ1) is 23.0. The zero-order valence-electron chi connectivity index (χ0n) is 26.0. The van der Waals surface area contributed by atoms with Gasteiger partial charge in [0.25, 0.3) is 0 Å². The summed E-state index contributed by atoms with van der Waals surface area (Å²) in [7, 11) is 0. The fourth-order valence-corrected chi connectivity index (χ4v) is 6.63. The molecule has 2 aliphatic rings. The Hall–Kier alpha value is -5.55. The van der Waals surface area contributed by atoms with Crippen LogP contribution in [0.5, 0.6) is 0 Å². The predicted octanol–water partition coefficient (Wildman–Crippen LogP) is 6.35. The van der Waals surface area contributed by atoms with Crippen molar-refractivity contribution in [2.24, 2.45) is 0 Å². The van der Waals surface area contributed by atoms with Gasteiger partial charge < -0.3 is 25.4 Å². The Morgan fingerprint density at radius 3 is 1.55 bits per heavy atom. The normalized spacial score (nSPS) is 13.3. The third-order valence-electron chi connectivity index (χ3n) is 8.85. The van der Waals surface area contributed by atoms with Crippen LogP contribution in [0, 0.1) is 12.3 Å². The number of rotatable bonds is 12. The van der Waals surface area contributed by atoms with E-state index in [4.69, 9.17) is 15.9 Å². The summed E-state index contributed by atoms with van der Waals surface area (Å²) < 4.78 is 11.3. The van der Waals surface area contributed by atoms with Crippen LogP contribution in [0.4, 0.5) is 9.59 Å². The number of unbranched alkanes of at least 4 members (excludes halogenated alkanes) is 1. The molecule has 0 saturated heterocycles. The van der Waals surface area contributed by atoms with E-state index in [0.717, 1.165) is 33.4 Å². The van der Waals surface area contributed by atoms with Gasteiger partial charge in [-0.3, -0.25) is 4.79 Å². The number of ether oxygens (including phenoxy) is 2. The molecular formula is C39H37N3O5. The Bertz CT molecular complexity index is 1720. The highest BCUT2D eigenvalue weighted by Gasteiger charge is 2.31. The molecule has 3 N–H and O–H groups in total. The van der Waals surface area contributed by atoms with Crippen molar-refractivity contribution in [2.45, 2.75) is 37.1 Å².